The van der Waals surface area contributed by atoms with Gasteiger partial charge in [-0.2, -0.15) is 0 Å². The number of para-hydroxylation sites is 1. The summed E-state index contributed by atoms with van der Waals surface area (Å²) in [7, 11) is 0. The molecule has 2 aromatic rings. The van der Waals surface area contributed by atoms with Gasteiger partial charge in [-0.25, -0.2) is 13.6 Å². The number of amides is 3. The number of fused-ring (bicyclic) bond motifs is 1. The number of nitrogens with one attached hydrogen (secondary N) is 3. The van der Waals surface area contributed by atoms with Crippen molar-refractivity contribution in [2.24, 2.45) is 5.92 Å². The van der Waals surface area contributed by atoms with Gasteiger partial charge in [-0.05, 0) is 30.2 Å². The van der Waals surface area contributed by atoms with E-state index < -0.39 is 23.6 Å². The van der Waals surface area contributed by atoms with Gasteiger partial charge in [-0.3, -0.25) is 4.79 Å². The molecule has 6 nitrogen and oxygen atoms in total. The van der Waals surface area contributed by atoms with Crippen LogP contribution in [0.25, 0.3) is 0 Å². The molecule has 0 spiro atoms. The first kappa shape index (κ1) is 18.6. The van der Waals surface area contributed by atoms with E-state index in [1.54, 1.807) is 0 Å². The van der Waals surface area contributed by atoms with Crippen LogP contribution >= 0.6 is 0 Å². The maximum Gasteiger partial charge on any atom is 0.315 e. The van der Waals surface area contributed by atoms with E-state index in [9.17, 15) is 18.4 Å². The minimum absolute atomic E-state index is 0.110. The first-order valence-electron chi connectivity index (χ1n) is 8.48. The van der Waals surface area contributed by atoms with Gasteiger partial charge >= 0.3 is 6.03 Å². The minimum atomic E-state index is -1.06. The summed E-state index contributed by atoms with van der Waals surface area (Å²) in [4.78, 5) is 23.6. The Labute approximate surface area is 154 Å². The number of urea groups is 1. The summed E-state index contributed by atoms with van der Waals surface area (Å²) >= 11 is 0. The van der Waals surface area contributed by atoms with Gasteiger partial charge in [0, 0.05) is 24.2 Å². The third-order valence-electron chi connectivity index (χ3n) is 4.12. The predicted octanol–water partition coefficient (Wildman–Crippen LogP) is 2.45. The molecule has 1 atom stereocenters. The highest BCUT2D eigenvalue weighted by Gasteiger charge is 2.20. The number of rotatable bonds is 5. The lowest BCUT2D eigenvalue weighted by Crippen LogP contribution is -2.43. The van der Waals surface area contributed by atoms with E-state index in [1.165, 1.54) is 6.07 Å². The molecule has 0 aromatic heterocycles. The maximum absolute atomic E-state index is 13.1. The standard InChI is InChI=1S/C19H19F2N3O3/c20-15-6-5-14(8-16(15)21)24-18(25)10-23-19(26)22-9-12-7-13-3-1-2-4-17(13)27-11-12/h1-6,8,12H,7,9-11H2,(H,24,25)(H2,22,23,26). The lowest BCUT2D eigenvalue weighted by Gasteiger charge is -2.25. The largest absolute Gasteiger partial charge is 0.493 e. The summed E-state index contributed by atoms with van der Waals surface area (Å²) in [6, 6.07) is 10.3. The van der Waals surface area contributed by atoms with Crippen LogP contribution in [-0.4, -0.2) is 31.6 Å². The van der Waals surface area contributed by atoms with Gasteiger partial charge in [0.25, 0.3) is 0 Å². The van der Waals surface area contributed by atoms with Crippen molar-refractivity contribution in [3.63, 3.8) is 0 Å². The molecule has 1 unspecified atom stereocenters. The van der Waals surface area contributed by atoms with Crippen molar-refractivity contribution in [3.8, 4) is 5.75 Å². The fraction of sp³-hybridized carbons (Fsp3) is 0.263. The Morgan fingerprint density at radius 3 is 2.70 bits per heavy atom. The molecular weight excluding hydrogens is 356 g/mol. The van der Waals surface area contributed by atoms with E-state index in [1.807, 2.05) is 24.3 Å². The third kappa shape index (κ3) is 5.16. The molecule has 142 valence electrons. The Kier molecular flexibility index (Phi) is 5.85. The lowest BCUT2D eigenvalue weighted by atomic mass is 9.97. The predicted molar refractivity (Wildman–Crippen MR) is 95.5 cm³/mol. The molecule has 2 aromatic carbocycles. The highest BCUT2D eigenvalue weighted by molar-refractivity contribution is 5.94. The molecule has 0 radical (unpaired) electrons. The Balaban J connectivity index is 1.38. The Morgan fingerprint density at radius 1 is 1.07 bits per heavy atom. The Morgan fingerprint density at radius 2 is 1.89 bits per heavy atom. The van der Waals surface area contributed by atoms with E-state index in [0.717, 1.165) is 29.9 Å². The maximum atomic E-state index is 13.1. The van der Waals surface area contributed by atoms with Crippen molar-refractivity contribution in [2.45, 2.75) is 6.42 Å². The molecule has 0 saturated heterocycles. The second-order valence-electron chi connectivity index (χ2n) is 6.23. The van der Waals surface area contributed by atoms with Crippen molar-refractivity contribution in [2.75, 3.05) is 25.0 Å². The molecule has 3 N–H and O–H groups in total. The second-order valence-corrected chi connectivity index (χ2v) is 6.23. The van der Waals surface area contributed by atoms with E-state index in [0.29, 0.717) is 13.2 Å². The number of benzene rings is 2. The van der Waals surface area contributed by atoms with Crippen molar-refractivity contribution < 1.29 is 23.1 Å². The van der Waals surface area contributed by atoms with Gasteiger partial charge in [0.2, 0.25) is 5.91 Å². The summed E-state index contributed by atoms with van der Waals surface area (Å²) < 4.78 is 31.6. The van der Waals surface area contributed by atoms with E-state index in [-0.39, 0.29) is 18.2 Å². The Bertz CT molecular complexity index is 845. The van der Waals surface area contributed by atoms with Crippen LogP contribution in [0.5, 0.6) is 5.75 Å². The first-order valence-corrected chi connectivity index (χ1v) is 8.48. The van der Waals surface area contributed by atoms with Crippen LogP contribution in [0.2, 0.25) is 0 Å². The van der Waals surface area contributed by atoms with Gasteiger partial charge in [0.05, 0.1) is 13.2 Å². The van der Waals surface area contributed by atoms with Crippen molar-refractivity contribution >= 4 is 17.6 Å². The topological polar surface area (TPSA) is 79.5 Å². The highest BCUT2D eigenvalue weighted by Crippen LogP contribution is 2.26. The normalized spacial score (nSPS) is 15.3. The number of halogens is 2. The molecular formula is C19H19F2N3O3. The monoisotopic (exact) mass is 375 g/mol. The molecule has 1 heterocycles. The third-order valence-corrected chi connectivity index (χ3v) is 4.12. The SMILES string of the molecule is O=C(CNC(=O)NCC1COc2ccccc2C1)Nc1ccc(F)c(F)c1. The van der Waals surface area contributed by atoms with Crippen LogP contribution < -0.4 is 20.7 Å². The number of carbonyl (C=O) groups is 2. The smallest absolute Gasteiger partial charge is 0.315 e. The summed E-state index contributed by atoms with van der Waals surface area (Å²) in [6.45, 7) is 0.619. The number of hydrogen-bond acceptors (Lipinski definition) is 3. The van der Waals surface area contributed by atoms with Crippen molar-refractivity contribution in [3.05, 3.63) is 59.7 Å². The molecule has 0 saturated carbocycles. The first-order chi connectivity index (χ1) is 13.0. The number of carbonyl (C=O) groups excluding carboxylic acids is 2. The summed E-state index contributed by atoms with van der Waals surface area (Å²) in [5.41, 5.74) is 1.21. The zero-order valence-electron chi connectivity index (χ0n) is 14.4. The average molecular weight is 375 g/mol. The highest BCUT2D eigenvalue weighted by atomic mass is 19.2. The molecule has 8 heteroatoms. The van der Waals surface area contributed by atoms with Crippen LogP contribution in [0, 0.1) is 17.6 Å². The molecule has 0 fully saturated rings. The molecule has 0 bridgehead atoms. The zero-order chi connectivity index (χ0) is 19.2. The molecule has 3 rings (SSSR count). The number of anilines is 1. The Hall–Kier alpha value is -3.16. The van der Waals surface area contributed by atoms with Crippen LogP contribution in [0.1, 0.15) is 5.56 Å². The van der Waals surface area contributed by atoms with Gasteiger partial charge < -0.3 is 20.7 Å². The number of hydrogen-bond donors (Lipinski definition) is 3. The van der Waals surface area contributed by atoms with Crippen LogP contribution in [-0.2, 0) is 11.2 Å². The van der Waals surface area contributed by atoms with Gasteiger partial charge in [0.15, 0.2) is 11.6 Å². The summed E-state index contributed by atoms with van der Waals surface area (Å²) in [5.74, 6) is -1.60. The zero-order valence-corrected chi connectivity index (χ0v) is 14.4. The van der Waals surface area contributed by atoms with E-state index in [2.05, 4.69) is 16.0 Å². The quantitative estimate of drug-likeness (QED) is 0.751. The lowest BCUT2D eigenvalue weighted by molar-refractivity contribution is -0.115. The second kappa shape index (κ2) is 8.48. The van der Waals surface area contributed by atoms with Crippen molar-refractivity contribution in [1.82, 2.24) is 10.6 Å². The fourth-order valence-electron chi connectivity index (χ4n) is 2.76. The van der Waals surface area contributed by atoms with E-state index in [4.69, 9.17) is 4.74 Å². The summed E-state index contributed by atoms with van der Waals surface area (Å²) in [5, 5.41) is 7.49. The van der Waals surface area contributed by atoms with Crippen molar-refractivity contribution in [1.29, 1.82) is 0 Å². The average Bonchev–Trinajstić information content (AvgIpc) is 2.67. The summed E-state index contributed by atoms with van der Waals surface area (Å²) in [6.07, 6.45) is 0.799. The molecule has 0 aliphatic carbocycles. The van der Waals surface area contributed by atoms with Crippen LogP contribution in [0.4, 0.5) is 19.3 Å². The van der Waals surface area contributed by atoms with Gasteiger partial charge in [-0.1, -0.05) is 18.2 Å². The molecule has 1 aliphatic rings. The van der Waals surface area contributed by atoms with Gasteiger partial charge in [0.1, 0.15) is 5.75 Å². The van der Waals surface area contributed by atoms with Crippen LogP contribution in [0.15, 0.2) is 42.5 Å². The minimum Gasteiger partial charge on any atom is -0.493 e. The number of ether oxygens (including phenoxy) is 1. The van der Waals surface area contributed by atoms with Gasteiger partial charge in [-0.15, -0.1) is 0 Å². The van der Waals surface area contributed by atoms with Crippen LogP contribution in [0.3, 0.4) is 0 Å². The van der Waals surface area contributed by atoms with E-state index >= 15 is 0 Å². The molecule has 3 amide bonds. The molecule has 1 aliphatic heterocycles. The fourth-order valence-corrected chi connectivity index (χ4v) is 2.76. The molecule has 27 heavy (non-hydrogen) atoms.